The van der Waals surface area contributed by atoms with Crippen LogP contribution in [-0.4, -0.2) is 27.6 Å². The van der Waals surface area contributed by atoms with Crippen LogP contribution in [-0.2, 0) is 19.5 Å². The van der Waals surface area contributed by atoms with Gasteiger partial charge in [-0.15, -0.1) is 0 Å². The molecule has 0 aliphatic carbocycles. The number of rotatable bonds is 6. The topological polar surface area (TPSA) is 68.3 Å². The minimum atomic E-state index is -0.220. The van der Waals surface area contributed by atoms with Crippen molar-refractivity contribution in [3.05, 3.63) is 63.8 Å². The predicted molar refractivity (Wildman–Crippen MR) is 100 cm³/mol. The Balaban J connectivity index is 1.89. The first-order chi connectivity index (χ1) is 12.5. The molecule has 0 bridgehead atoms. The van der Waals surface area contributed by atoms with Gasteiger partial charge in [0, 0.05) is 43.6 Å². The van der Waals surface area contributed by atoms with Gasteiger partial charge in [-0.3, -0.25) is 9.59 Å². The monoisotopic (exact) mass is 353 g/mol. The lowest BCUT2D eigenvalue weighted by Gasteiger charge is -2.17. The van der Waals surface area contributed by atoms with Gasteiger partial charge < -0.3 is 9.32 Å². The number of carbonyl (C=O) groups excluding carboxylic acids is 1. The fraction of sp³-hybridized carbons (Fsp3) is 0.350. The van der Waals surface area contributed by atoms with Crippen molar-refractivity contribution >= 4 is 16.9 Å². The van der Waals surface area contributed by atoms with Crippen LogP contribution in [0.5, 0.6) is 0 Å². The van der Waals surface area contributed by atoms with Crippen molar-refractivity contribution < 1.29 is 9.21 Å². The smallest absolute Gasteiger partial charge is 0.274 e. The van der Waals surface area contributed by atoms with Gasteiger partial charge in [0.15, 0.2) is 0 Å². The number of furan rings is 1. The number of benzene rings is 1. The molecule has 0 aliphatic heterocycles. The Labute approximate surface area is 152 Å². The van der Waals surface area contributed by atoms with Crippen LogP contribution < -0.4 is 5.56 Å². The Morgan fingerprint density at radius 2 is 1.96 bits per heavy atom. The number of aryl methyl sites for hydroxylation is 2. The summed E-state index contributed by atoms with van der Waals surface area (Å²) < 4.78 is 7.24. The summed E-state index contributed by atoms with van der Waals surface area (Å²) in [6.45, 7) is 4.92. The molecule has 0 saturated carbocycles. The first kappa shape index (κ1) is 17.9. The molecule has 26 heavy (non-hydrogen) atoms. The summed E-state index contributed by atoms with van der Waals surface area (Å²) in [5, 5.41) is 5.23. The first-order valence-electron chi connectivity index (χ1n) is 8.88. The largest absolute Gasteiger partial charge is 0.461 e. The van der Waals surface area contributed by atoms with E-state index in [1.165, 1.54) is 16.8 Å². The van der Waals surface area contributed by atoms with Gasteiger partial charge in [-0.1, -0.05) is 32.0 Å². The number of fused-ring (bicyclic) bond motifs is 1. The van der Waals surface area contributed by atoms with Gasteiger partial charge in [0.05, 0.1) is 0 Å². The molecule has 0 unspecified atom stereocenters. The highest BCUT2D eigenvalue weighted by Crippen LogP contribution is 2.27. The molecule has 0 saturated heterocycles. The molecule has 0 radical (unpaired) electrons. The second kappa shape index (κ2) is 7.56. The Bertz CT molecular complexity index is 987. The van der Waals surface area contributed by atoms with E-state index in [-0.39, 0.29) is 17.2 Å². The molecule has 0 fully saturated rings. The van der Waals surface area contributed by atoms with Crippen molar-refractivity contribution in [3.8, 4) is 0 Å². The van der Waals surface area contributed by atoms with Crippen LogP contribution in [0, 0.1) is 0 Å². The summed E-state index contributed by atoms with van der Waals surface area (Å²) in [5.41, 5.74) is 1.92. The lowest BCUT2D eigenvalue weighted by Crippen LogP contribution is -2.31. The Morgan fingerprint density at radius 3 is 2.69 bits per heavy atom. The SMILES string of the molecule is CCCn1nc(C(=O)N(C)Cc2c(CC)oc3ccccc23)ccc1=O. The Hall–Kier alpha value is -2.89. The number of para-hydroxylation sites is 1. The quantitative estimate of drug-likeness (QED) is 0.682. The average Bonchev–Trinajstić information content (AvgIpc) is 3.01. The number of hydrogen-bond donors (Lipinski definition) is 0. The van der Waals surface area contributed by atoms with Gasteiger partial charge in [-0.2, -0.15) is 5.10 Å². The fourth-order valence-corrected chi connectivity index (χ4v) is 3.05. The molecular formula is C20H23N3O3. The van der Waals surface area contributed by atoms with Crippen molar-refractivity contribution in [2.24, 2.45) is 0 Å². The number of amides is 1. The molecule has 3 aromatic rings. The minimum Gasteiger partial charge on any atom is -0.461 e. The van der Waals surface area contributed by atoms with Gasteiger partial charge in [0.1, 0.15) is 17.0 Å². The summed E-state index contributed by atoms with van der Waals surface area (Å²) in [6.07, 6.45) is 1.53. The number of nitrogens with zero attached hydrogens (tertiary/aromatic N) is 3. The van der Waals surface area contributed by atoms with Crippen LogP contribution in [0.2, 0.25) is 0 Å². The molecular weight excluding hydrogens is 330 g/mol. The van der Waals surface area contributed by atoms with Crippen molar-refractivity contribution in [3.63, 3.8) is 0 Å². The highest BCUT2D eigenvalue weighted by molar-refractivity contribution is 5.92. The van der Waals surface area contributed by atoms with E-state index in [1.807, 2.05) is 38.1 Å². The summed E-state index contributed by atoms with van der Waals surface area (Å²) in [7, 11) is 1.74. The van der Waals surface area contributed by atoms with E-state index in [1.54, 1.807) is 11.9 Å². The zero-order chi connectivity index (χ0) is 18.7. The Morgan fingerprint density at radius 1 is 1.19 bits per heavy atom. The van der Waals surface area contributed by atoms with Crippen LogP contribution >= 0.6 is 0 Å². The van der Waals surface area contributed by atoms with Gasteiger partial charge in [-0.05, 0) is 18.6 Å². The third-order valence-electron chi connectivity index (χ3n) is 4.37. The molecule has 1 aromatic carbocycles. The average molecular weight is 353 g/mol. The van der Waals surface area contributed by atoms with E-state index in [0.717, 1.165) is 35.1 Å². The van der Waals surface area contributed by atoms with Crippen molar-refractivity contribution in [1.29, 1.82) is 0 Å². The van der Waals surface area contributed by atoms with Crippen LogP contribution in [0.25, 0.3) is 11.0 Å². The molecule has 0 aliphatic rings. The van der Waals surface area contributed by atoms with Crippen LogP contribution in [0.15, 0.2) is 45.6 Å². The molecule has 6 nitrogen and oxygen atoms in total. The zero-order valence-corrected chi connectivity index (χ0v) is 15.4. The molecule has 136 valence electrons. The normalized spacial score (nSPS) is 11.0. The summed E-state index contributed by atoms with van der Waals surface area (Å²) >= 11 is 0. The maximum atomic E-state index is 12.8. The predicted octanol–water partition coefficient (Wildman–Crippen LogP) is 3.23. The van der Waals surface area contributed by atoms with Gasteiger partial charge >= 0.3 is 0 Å². The number of hydrogen-bond acceptors (Lipinski definition) is 4. The second-order valence-corrected chi connectivity index (χ2v) is 6.29. The second-order valence-electron chi connectivity index (χ2n) is 6.29. The van der Waals surface area contributed by atoms with E-state index in [4.69, 9.17) is 4.42 Å². The maximum Gasteiger partial charge on any atom is 0.274 e. The highest BCUT2D eigenvalue weighted by atomic mass is 16.3. The lowest BCUT2D eigenvalue weighted by molar-refractivity contribution is 0.0776. The third kappa shape index (κ3) is 3.40. The van der Waals surface area contributed by atoms with E-state index in [2.05, 4.69) is 5.10 Å². The van der Waals surface area contributed by atoms with Crippen LogP contribution in [0.1, 0.15) is 42.1 Å². The number of aromatic nitrogens is 2. The van der Waals surface area contributed by atoms with E-state index in [0.29, 0.717) is 13.1 Å². The van der Waals surface area contributed by atoms with Crippen molar-refractivity contribution in [1.82, 2.24) is 14.7 Å². The molecule has 0 spiro atoms. The van der Waals surface area contributed by atoms with E-state index >= 15 is 0 Å². The first-order valence-corrected chi connectivity index (χ1v) is 8.88. The minimum absolute atomic E-state index is 0.194. The summed E-state index contributed by atoms with van der Waals surface area (Å²) in [5.74, 6) is 0.664. The van der Waals surface area contributed by atoms with Crippen LogP contribution in [0.3, 0.4) is 0 Å². The molecule has 1 amide bonds. The van der Waals surface area contributed by atoms with Crippen molar-refractivity contribution in [2.75, 3.05) is 7.05 Å². The summed E-state index contributed by atoms with van der Waals surface area (Å²) in [6, 6.07) is 10.7. The highest BCUT2D eigenvalue weighted by Gasteiger charge is 2.19. The molecule has 0 N–H and O–H groups in total. The standard InChI is InChI=1S/C20H23N3O3/c1-4-12-23-19(24)11-10-16(21-23)20(25)22(3)13-15-14-8-6-7-9-18(14)26-17(15)5-2/h6-11H,4-5,12-13H2,1-3H3. The van der Waals surface area contributed by atoms with E-state index in [9.17, 15) is 9.59 Å². The van der Waals surface area contributed by atoms with Gasteiger partial charge in [-0.25, -0.2) is 4.68 Å². The molecule has 2 heterocycles. The maximum absolute atomic E-state index is 12.8. The molecule has 6 heteroatoms. The zero-order valence-electron chi connectivity index (χ0n) is 15.4. The third-order valence-corrected chi connectivity index (χ3v) is 4.37. The van der Waals surface area contributed by atoms with Crippen LogP contribution in [0.4, 0.5) is 0 Å². The fourth-order valence-electron chi connectivity index (χ4n) is 3.05. The van der Waals surface area contributed by atoms with Crippen molar-refractivity contribution in [2.45, 2.75) is 39.8 Å². The molecule has 0 atom stereocenters. The van der Waals surface area contributed by atoms with Gasteiger partial charge in [0.2, 0.25) is 0 Å². The van der Waals surface area contributed by atoms with Gasteiger partial charge in [0.25, 0.3) is 11.5 Å². The molecule has 3 rings (SSSR count). The Kier molecular flexibility index (Phi) is 5.21. The lowest BCUT2D eigenvalue weighted by atomic mass is 10.1. The molecule has 2 aromatic heterocycles. The number of carbonyl (C=O) groups is 1. The summed E-state index contributed by atoms with van der Waals surface area (Å²) in [4.78, 5) is 26.2. The van der Waals surface area contributed by atoms with E-state index < -0.39 is 0 Å².